The van der Waals surface area contributed by atoms with Crippen LogP contribution < -0.4 is 21.3 Å². The molecule has 0 spiro atoms. The first-order valence-corrected chi connectivity index (χ1v) is 16.9. The number of aromatic nitrogens is 4. The van der Waals surface area contributed by atoms with E-state index in [1.165, 1.54) is 0 Å². The first kappa shape index (κ1) is 32.6. The van der Waals surface area contributed by atoms with Crippen molar-refractivity contribution in [2.24, 2.45) is 11.8 Å². The molecule has 4 aromatic heterocycles. The molecule has 2 aliphatic heterocycles. The maximum Gasteiger partial charge on any atom is 0.227 e. The average Bonchev–Trinajstić information content (AvgIpc) is 3.34. The van der Waals surface area contributed by atoms with Gasteiger partial charge in [-0.05, 0) is 69.7 Å². The first-order valence-electron chi connectivity index (χ1n) is 16.9. The van der Waals surface area contributed by atoms with Crippen LogP contribution in [0.25, 0.3) is 11.0 Å². The van der Waals surface area contributed by atoms with Gasteiger partial charge in [0.1, 0.15) is 23.0 Å². The van der Waals surface area contributed by atoms with Gasteiger partial charge in [0.05, 0.1) is 66.7 Å². The molecule has 4 aromatic rings. The number of nitrogens with one attached hydrogen (secondary N) is 4. The number of halogens is 1. The lowest BCUT2D eigenvalue weighted by molar-refractivity contribution is -0.130. The number of carbonyl (C=O) groups excluding carboxylic acids is 2. The van der Waals surface area contributed by atoms with E-state index in [0.29, 0.717) is 82.5 Å². The van der Waals surface area contributed by atoms with E-state index in [-0.39, 0.29) is 35.4 Å². The molecule has 6 heterocycles. The monoisotopic (exact) mass is 660 g/mol. The second-order valence-corrected chi connectivity index (χ2v) is 14.1. The van der Waals surface area contributed by atoms with Crippen molar-refractivity contribution in [1.29, 1.82) is 0 Å². The van der Waals surface area contributed by atoms with Crippen molar-refractivity contribution < 1.29 is 23.5 Å². The zero-order chi connectivity index (χ0) is 33.6. The van der Waals surface area contributed by atoms with Crippen LogP contribution in [0.3, 0.4) is 0 Å². The summed E-state index contributed by atoms with van der Waals surface area (Å²) in [6.07, 6.45) is 6.83. The van der Waals surface area contributed by atoms with Gasteiger partial charge in [-0.1, -0.05) is 6.07 Å². The van der Waals surface area contributed by atoms with Gasteiger partial charge in [0, 0.05) is 38.6 Å². The molecule has 3 aliphatic rings. The molecule has 0 bridgehead atoms. The van der Waals surface area contributed by atoms with Crippen molar-refractivity contribution in [3.05, 3.63) is 71.1 Å². The molecule has 4 N–H and O–H groups in total. The molecule has 7 rings (SSSR count). The molecule has 2 amide bonds. The normalized spacial score (nSPS) is 25.3. The van der Waals surface area contributed by atoms with Gasteiger partial charge in [0.15, 0.2) is 0 Å². The summed E-state index contributed by atoms with van der Waals surface area (Å²) in [6.45, 7) is 11.9. The maximum atomic E-state index is 16.0. The smallest absolute Gasteiger partial charge is 0.227 e. The quantitative estimate of drug-likeness (QED) is 0.238. The summed E-state index contributed by atoms with van der Waals surface area (Å²) in [6, 6.07) is 5.60. The molecule has 3 fully saturated rings. The molecule has 13 heteroatoms. The summed E-state index contributed by atoms with van der Waals surface area (Å²) in [5, 5.41) is 13.0. The number of pyridine rings is 2. The summed E-state index contributed by atoms with van der Waals surface area (Å²) in [5.41, 5.74) is 2.13. The number of amides is 2. The highest BCUT2D eigenvalue weighted by molar-refractivity contribution is 5.81. The summed E-state index contributed by atoms with van der Waals surface area (Å²) in [4.78, 5) is 36.6. The summed E-state index contributed by atoms with van der Waals surface area (Å²) in [5.74, 6) is -0.0443. The molecule has 1 aliphatic carbocycles. The predicted molar refractivity (Wildman–Crippen MR) is 177 cm³/mol. The second kappa shape index (κ2) is 12.8. The predicted octanol–water partition coefficient (Wildman–Crippen LogP) is 2.45. The number of aryl methyl sites for hydroxylation is 2. The highest BCUT2D eigenvalue weighted by Gasteiger charge is 2.51. The third-order valence-corrected chi connectivity index (χ3v) is 10.1. The zero-order valence-corrected chi connectivity index (χ0v) is 28.1. The van der Waals surface area contributed by atoms with E-state index in [1.807, 2.05) is 51.5 Å². The molecule has 0 radical (unpaired) electrons. The number of carbonyl (C=O) groups is 2. The minimum Gasteiger partial charge on any atom is -0.379 e. The van der Waals surface area contributed by atoms with Crippen molar-refractivity contribution in [3.8, 4) is 0 Å². The Hall–Kier alpha value is -3.91. The molecule has 0 aromatic carbocycles. The van der Waals surface area contributed by atoms with Crippen LogP contribution in [0, 0.1) is 31.5 Å². The number of imidazole rings is 2. The van der Waals surface area contributed by atoms with E-state index in [4.69, 9.17) is 19.4 Å². The van der Waals surface area contributed by atoms with E-state index >= 15 is 4.39 Å². The van der Waals surface area contributed by atoms with Crippen molar-refractivity contribution in [3.63, 3.8) is 0 Å². The molecule has 2 saturated heterocycles. The maximum absolute atomic E-state index is 16.0. The van der Waals surface area contributed by atoms with Crippen LogP contribution in [0.5, 0.6) is 0 Å². The Morgan fingerprint density at radius 1 is 1.04 bits per heavy atom. The lowest BCUT2D eigenvalue weighted by Gasteiger charge is -2.48. The molecule has 2 atom stereocenters. The van der Waals surface area contributed by atoms with E-state index in [0.717, 1.165) is 22.5 Å². The Kier molecular flexibility index (Phi) is 8.73. The Labute approximate surface area is 279 Å². The van der Waals surface area contributed by atoms with Crippen LogP contribution in [-0.4, -0.2) is 83.2 Å². The molecular formula is C35H45FN8O4. The van der Waals surface area contributed by atoms with Gasteiger partial charge in [0.25, 0.3) is 0 Å². The van der Waals surface area contributed by atoms with E-state index in [9.17, 15) is 9.59 Å². The third-order valence-electron chi connectivity index (χ3n) is 10.1. The second-order valence-electron chi connectivity index (χ2n) is 14.1. The summed E-state index contributed by atoms with van der Waals surface area (Å²) < 4.78 is 31.1. The van der Waals surface area contributed by atoms with Crippen molar-refractivity contribution in [1.82, 2.24) is 40.0 Å². The molecule has 256 valence electrons. The Bertz CT molecular complexity index is 1830. The van der Waals surface area contributed by atoms with Gasteiger partial charge in [-0.2, -0.15) is 0 Å². The van der Waals surface area contributed by atoms with Crippen molar-refractivity contribution in [2.45, 2.75) is 57.5 Å². The fourth-order valence-corrected chi connectivity index (χ4v) is 7.45. The van der Waals surface area contributed by atoms with Crippen LogP contribution in [0.2, 0.25) is 0 Å². The summed E-state index contributed by atoms with van der Waals surface area (Å²) >= 11 is 0. The van der Waals surface area contributed by atoms with E-state index < -0.39 is 11.1 Å². The van der Waals surface area contributed by atoms with Gasteiger partial charge in [0.2, 0.25) is 11.8 Å². The highest BCUT2D eigenvalue weighted by atomic mass is 19.1. The fourth-order valence-electron chi connectivity index (χ4n) is 7.45. The zero-order valence-electron chi connectivity index (χ0n) is 28.1. The molecule has 2 unspecified atom stereocenters. The van der Waals surface area contributed by atoms with Gasteiger partial charge in [-0.25, -0.2) is 14.4 Å². The van der Waals surface area contributed by atoms with Gasteiger partial charge < -0.3 is 35.1 Å². The van der Waals surface area contributed by atoms with Crippen LogP contribution >= 0.6 is 0 Å². The van der Waals surface area contributed by atoms with Crippen molar-refractivity contribution >= 4 is 22.8 Å². The summed E-state index contributed by atoms with van der Waals surface area (Å²) in [7, 11) is 0. The molecule has 12 nitrogen and oxygen atoms in total. The van der Waals surface area contributed by atoms with Gasteiger partial charge >= 0.3 is 0 Å². The Morgan fingerprint density at radius 3 is 2.44 bits per heavy atom. The standard InChI is InChI=1S/C35H45FN8O4/c1-21-6-5-9-43-28(21)17-39-33(43)35(42-31(46)26-16-38-8-11-48-20-26)13-24(14-35)23-12-27(36)29-22(2)40-32(44(29)18-23)34(3,4)41-30(45)25-15-37-7-10-47-19-25/h5-6,9,12,17-18,24-26,37-38H,7-8,10-11,13-16,19-20H2,1-4H3,(H,41,45)(H,42,46). The highest BCUT2D eigenvalue weighted by Crippen LogP contribution is 2.51. The van der Waals surface area contributed by atoms with Gasteiger partial charge in [-0.3, -0.25) is 14.0 Å². The van der Waals surface area contributed by atoms with Gasteiger partial charge in [-0.15, -0.1) is 0 Å². The van der Waals surface area contributed by atoms with Crippen molar-refractivity contribution in [2.75, 3.05) is 52.6 Å². The average molecular weight is 661 g/mol. The number of nitrogens with zero attached hydrogens (tertiary/aromatic N) is 4. The molecule has 48 heavy (non-hydrogen) atoms. The Morgan fingerprint density at radius 2 is 1.73 bits per heavy atom. The SMILES string of the molecule is Cc1cccn2c(C3(NC(=O)C4CNCCOC4)CC(c4cc(F)c5c(C)nc(C(C)(C)NC(=O)C6CNCCOC6)n5c4)C3)ncc12. The Balaban J connectivity index is 1.20. The lowest BCUT2D eigenvalue weighted by Crippen LogP contribution is -2.57. The van der Waals surface area contributed by atoms with Crippen LogP contribution in [0.15, 0.2) is 36.8 Å². The minimum absolute atomic E-state index is 0.0626. The number of ether oxygens (including phenoxy) is 2. The number of hydrogen-bond acceptors (Lipinski definition) is 8. The number of fused-ring (bicyclic) bond motifs is 2. The van der Waals surface area contributed by atoms with Crippen LogP contribution in [0.4, 0.5) is 4.39 Å². The lowest BCUT2D eigenvalue weighted by atomic mass is 9.65. The van der Waals surface area contributed by atoms with Crippen LogP contribution in [-0.2, 0) is 30.1 Å². The number of rotatable bonds is 7. The fraction of sp³-hybridized carbons (Fsp3) is 0.543. The topological polar surface area (TPSA) is 135 Å². The van der Waals surface area contributed by atoms with E-state index in [1.54, 1.807) is 17.4 Å². The van der Waals surface area contributed by atoms with E-state index in [2.05, 4.69) is 25.7 Å². The van der Waals surface area contributed by atoms with Crippen LogP contribution in [0.1, 0.15) is 61.1 Å². The third kappa shape index (κ3) is 5.97. The first-order chi connectivity index (χ1) is 23.1. The molecule has 1 saturated carbocycles. The number of hydrogen-bond donors (Lipinski definition) is 4. The molecular weight excluding hydrogens is 615 g/mol. The minimum atomic E-state index is -0.898. The largest absolute Gasteiger partial charge is 0.379 e.